The quantitative estimate of drug-likeness (QED) is 0.430. The van der Waals surface area contributed by atoms with Gasteiger partial charge in [-0.25, -0.2) is 4.98 Å². The molecule has 0 bridgehead atoms. The van der Waals surface area contributed by atoms with Gasteiger partial charge in [0.15, 0.2) is 16.7 Å². The van der Waals surface area contributed by atoms with Crippen LogP contribution in [0.1, 0.15) is 31.4 Å². The topological polar surface area (TPSA) is 73.7 Å². The number of aromatic nitrogens is 2. The van der Waals surface area contributed by atoms with Gasteiger partial charge in [-0.15, -0.1) is 11.3 Å². The van der Waals surface area contributed by atoms with Crippen LogP contribution in [0.15, 0.2) is 39.6 Å². The molecule has 9 heteroatoms. The summed E-state index contributed by atoms with van der Waals surface area (Å²) in [6, 6.07) is 7.84. The fraction of sp³-hybridized carbons (Fsp3) is 0.409. The normalized spacial score (nSPS) is 18.0. The van der Waals surface area contributed by atoms with Gasteiger partial charge in [0.2, 0.25) is 5.91 Å². The molecule has 2 aromatic heterocycles. The molecular formula is C22H23N3O4S2. The minimum absolute atomic E-state index is 0.0320. The van der Waals surface area contributed by atoms with Crippen molar-refractivity contribution in [2.24, 2.45) is 0 Å². The van der Waals surface area contributed by atoms with Crippen molar-refractivity contribution in [3.8, 4) is 11.5 Å². The molecule has 0 aliphatic carbocycles. The average molecular weight is 458 g/mol. The lowest BCUT2D eigenvalue weighted by atomic mass is 10.0. The van der Waals surface area contributed by atoms with Crippen molar-refractivity contribution in [2.45, 2.75) is 37.5 Å². The summed E-state index contributed by atoms with van der Waals surface area (Å²) in [6.45, 7) is 4.29. The van der Waals surface area contributed by atoms with Crippen LogP contribution in [-0.4, -0.2) is 45.9 Å². The van der Waals surface area contributed by atoms with Crippen LogP contribution in [0.4, 0.5) is 0 Å². The second-order valence-electron chi connectivity index (χ2n) is 7.52. The van der Waals surface area contributed by atoms with Crippen LogP contribution in [0.25, 0.3) is 10.2 Å². The maximum atomic E-state index is 13.1. The summed E-state index contributed by atoms with van der Waals surface area (Å²) in [5.74, 6) is 1.82. The Balaban J connectivity index is 1.33. The zero-order chi connectivity index (χ0) is 21.4. The summed E-state index contributed by atoms with van der Waals surface area (Å²) in [4.78, 5) is 32.4. The molecule has 1 saturated heterocycles. The maximum Gasteiger partial charge on any atom is 0.272 e. The molecule has 7 nitrogen and oxygen atoms in total. The van der Waals surface area contributed by atoms with Crippen molar-refractivity contribution < 1.29 is 14.3 Å². The third kappa shape index (κ3) is 3.80. The molecule has 0 N–H and O–H groups in total. The number of nitrogens with zero attached hydrogens (tertiary/aromatic N) is 3. The average Bonchev–Trinajstić information content (AvgIpc) is 3.47. The summed E-state index contributed by atoms with van der Waals surface area (Å²) >= 11 is 2.74. The van der Waals surface area contributed by atoms with E-state index in [-0.39, 0.29) is 23.3 Å². The highest BCUT2D eigenvalue weighted by Crippen LogP contribution is 2.38. The second-order valence-corrected chi connectivity index (χ2v) is 9.37. The third-order valence-electron chi connectivity index (χ3n) is 5.70. The molecule has 31 heavy (non-hydrogen) atoms. The molecule has 162 valence electrons. The fourth-order valence-electron chi connectivity index (χ4n) is 4.20. The highest BCUT2D eigenvalue weighted by atomic mass is 32.2. The standard InChI is InChI=1S/C22H23N3O4S2/c1-2-24-21(27)20-15(7-11-30-20)23-22(24)31-13-19(26)25-8-3-4-16(25)14-5-6-17-18(12-14)29-10-9-28-17/h5-7,11-12,16H,2-4,8-10,13H2,1H3/t16-/m0/s1. The Morgan fingerprint density at radius 1 is 1.26 bits per heavy atom. The van der Waals surface area contributed by atoms with E-state index in [9.17, 15) is 9.59 Å². The van der Waals surface area contributed by atoms with Crippen LogP contribution in [-0.2, 0) is 11.3 Å². The zero-order valence-corrected chi connectivity index (χ0v) is 18.8. The Morgan fingerprint density at radius 3 is 2.94 bits per heavy atom. The molecule has 2 aliphatic rings. The van der Waals surface area contributed by atoms with E-state index in [4.69, 9.17) is 9.47 Å². The van der Waals surface area contributed by atoms with Gasteiger partial charge in [-0.05, 0) is 48.9 Å². The van der Waals surface area contributed by atoms with E-state index < -0.39 is 0 Å². The first kappa shape index (κ1) is 20.4. The van der Waals surface area contributed by atoms with Crippen LogP contribution in [0.3, 0.4) is 0 Å². The van der Waals surface area contributed by atoms with Gasteiger partial charge in [0.25, 0.3) is 5.56 Å². The van der Waals surface area contributed by atoms with Crippen molar-refractivity contribution >= 4 is 39.2 Å². The van der Waals surface area contributed by atoms with Crippen LogP contribution in [0, 0.1) is 0 Å². The molecule has 1 amide bonds. The summed E-state index contributed by atoms with van der Waals surface area (Å²) < 4.78 is 13.6. The molecule has 1 atom stereocenters. The van der Waals surface area contributed by atoms with Crippen LogP contribution in [0.2, 0.25) is 0 Å². The third-order valence-corrected chi connectivity index (χ3v) is 7.55. The Kier molecular flexibility index (Phi) is 5.62. The van der Waals surface area contributed by atoms with Crippen molar-refractivity contribution in [2.75, 3.05) is 25.5 Å². The first-order valence-electron chi connectivity index (χ1n) is 10.5. The van der Waals surface area contributed by atoms with Crippen molar-refractivity contribution in [1.82, 2.24) is 14.5 Å². The smallest absolute Gasteiger partial charge is 0.272 e. The number of benzene rings is 1. The van der Waals surface area contributed by atoms with Gasteiger partial charge in [0, 0.05) is 13.1 Å². The highest BCUT2D eigenvalue weighted by Gasteiger charge is 2.31. The van der Waals surface area contributed by atoms with Crippen LogP contribution in [0.5, 0.6) is 11.5 Å². The fourth-order valence-corrected chi connectivity index (χ4v) is 5.93. The van der Waals surface area contributed by atoms with Crippen LogP contribution >= 0.6 is 23.1 Å². The minimum atomic E-state index is -0.0345. The minimum Gasteiger partial charge on any atom is -0.486 e. The predicted octanol–water partition coefficient (Wildman–Crippen LogP) is 3.70. The molecule has 4 heterocycles. The number of amides is 1. The second kappa shape index (κ2) is 8.55. The molecular weight excluding hydrogens is 434 g/mol. The van der Waals surface area contributed by atoms with E-state index in [0.29, 0.717) is 35.1 Å². The lowest BCUT2D eigenvalue weighted by Crippen LogP contribution is -2.32. The van der Waals surface area contributed by atoms with E-state index in [1.54, 1.807) is 4.57 Å². The van der Waals surface area contributed by atoms with Crippen molar-refractivity contribution in [3.05, 3.63) is 45.6 Å². The molecule has 1 aromatic carbocycles. The van der Waals surface area contributed by atoms with E-state index in [2.05, 4.69) is 4.98 Å². The first-order chi connectivity index (χ1) is 15.2. The highest BCUT2D eigenvalue weighted by molar-refractivity contribution is 7.99. The SMILES string of the molecule is CCn1c(SCC(=O)N2CCC[C@H]2c2ccc3c(c2)OCCO3)nc2ccsc2c1=O. The number of ether oxygens (including phenoxy) is 2. The number of carbonyl (C=O) groups is 1. The monoisotopic (exact) mass is 457 g/mol. The number of thiophene rings is 1. The molecule has 2 aliphatic heterocycles. The largest absolute Gasteiger partial charge is 0.486 e. The maximum absolute atomic E-state index is 13.1. The number of likely N-dealkylation sites (tertiary alicyclic amines) is 1. The van der Waals surface area contributed by atoms with Gasteiger partial charge in [0.1, 0.15) is 17.9 Å². The Morgan fingerprint density at radius 2 is 2.10 bits per heavy atom. The zero-order valence-electron chi connectivity index (χ0n) is 17.2. The van der Waals surface area contributed by atoms with E-state index in [0.717, 1.165) is 36.4 Å². The van der Waals surface area contributed by atoms with Gasteiger partial charge in [-0.1, -0.05) is 17.8 Å². The Bertz CT molecular complexity index is 1190. The molecule has 0 unspecified atom stereocenters. The van der Waals surface area contributed by atoms with Gasteiger partial charge in [0.05, 0.1) is 17.3 Å². The first-order valence-corrected chi connectivity index (χ1v) is 12.3. The van der Waals surface area contributed by atoms with Crippen LogP contribution < -0.4 is 15.0 Å². The lowest BCUT2D eigenvalue weighted by Gasteiger charge is -2.26. The predicted molar refractivity (Wildman–Crippen MR) is 121 cm³/mol. The van der Waals surface area contributed by atoms with E-state index >= 15 is 0 Å². The van der Waals surface area contributed by atoms with Crippen molar-refractivity contribution in [3.63, 3.8) is 0 Å². The van der Waals surface area contributed by atoms with Crippen molar-refractivity contribution in [1.29, 1.82) is 0 Å². The molecule has 0 saturated carbocycles. The number of thioether (sulfide) groups is 1. The number of fused-ring (bicyclic) bond motifs is 2. The number of hydrogen-bond acceptors (Lipinski definition) is 7. The molecule has 5 rings (SSSR count). The van der Waals surface area contributed by atoms with Gasteiger partial charge < -0.3 is 14.4 Å². The number of hydrogen-bond donors (Lipinski definition) is 0. The molecule has 1 fully saturated rings. The van der Waals surface area contributed by atoms with Gasteiger partial charge in [-0.3, -0.25) is 14.2 Å². The summed E-state index contributed by atoms with van der Waals surface area (Å²) in [7, 11) is 0. The Labute approximate surface area is 188 Å². The molecule has 0 radical (unpaired) electrons. The summed E-state index contributed by atoms with van der Waals surface area (Å²) in [6.07, 6.45) is 1.89. The van der Waals surface area contributed by atoms with E-state index in [1.807, 2.05) is 41.5 Å². The van der Waals surface area contributed by atoms with Gasteiger partial charge >= 0.3 is 0 Å². The lowest BCUT2D eigenvalue weighted by molar-refractivity contribution is -0.129. The number of rotatable bonds is 5. The summed E-state index contributed by atoms with van der Waals surface area (Å²) in [5.41, 5.74) is 1.74. The Hall–Kier alpha value is -2.52. The summed E-state index contributed by atoms with van der Waals surface area (Å²) in [5, 5.41) is 2.47. The molecule has 3 aromatic rings. The molecule has 0 spiro atoms. The van der Waals surface area contributed by atoms with E-state index in [1.165, 1.54) is 23.1 Å². The van der Waals surface area contributed by atoms with Gasteiger partial charge in [-0.2, -0.15) is 0 Å². The number of carbonyl (C=O) groups excluding carboxylic acids is 1.